The zero-order valence-corrected chi connectivity index (χ0v) is 18.0. The van der Waals surface area contributed by atoms with E-state index < -0.39 is 30.8 Å². The van der Waals surface area contributed by atoms with E-state index in [1.165, 1.54) is 39.0 Å². The summed E-state index contributed by atoms with van der Waals surface area (Å²) in [5.74, 6) is 0.371. The molecule has 0 bridgehead atoms. The van der Waals surface area contributed by atoms with Gasteiger partial charge in [-0.25, -0.2) is 14.3 Å². The minimum Gasteiger partial charge on any atom is -0.382 e. The number of methoxy groups -OCH3 is 1. The fraction of sp³-hybridized carbons (Fsp3) is 0.667. The molecule has 1 aliphatic heterocycles. The highest BCUT2D eigenvalue weighted by atomic mass is 19.4. The van der Waals surface area contributed by atoms with Gasteiger partial charge in [-0.1, -0.05) is 25.7 Å². The molecule has 3 heterocycles. The first-order chi connectivity index (χ1) is 15.3. The second-order valence-corrected chi connectivity index (χ2v) is 8.70. The van der Waals surface area contributed by atoms with Crippen molar-refractivity contribution in [3.63, 3.8) is 0 Å². The number of hydrogen-bond donors (Lipinski definition) is 2. The number of nitrogens with zero attached hydrogens (tertiary/aromatic N) is 4. The molecule has 8 nitrogen and oxygen atoms in total. The zero-order valence-electron chi connectivity index (χ0n) is 18.0. The zero-order chi connectivity index (χ0) is 22.9. The first-order valence-electron chi connectivity index (χ1n) is 11.0. The van der Waals surface area contributed by atoms with E-state index in [4.69, 9.17) is 10.5 Å². The molecule has 2 aromatic rings. The van der Waals surface area contributed by atoms with Gasteiger partial charge in [0.05, 0.1) is 43.3 Å². The van der Waals surface area contributed by atoms with Crippen LogP contribution in [0.15, 0.2) is 18.5 Å². The van der Waals surface area contributed by atoms with E-state index >= 15 is 0 Å². The third kappa shape index (κ3) is 4.68. The number of alkyl halides is 3. The van der Waals surface area contributed by atoms with Gasteiger partial charge in [-0.05, 0) is 24.8 Å². The van der Waals surface area contributed by atoms with E-state index in [9.17, 15) is 18.0 Å². The first-order valence-corrected chi connectivity index (χ1v) is 11.0. The van der Waals surface area contributed by atoms with Crippen LogP contribution in [0.25, 0.3) is 5.65 Å². The molecular weight excluding hydrogens is 425 g/mol. The fourth-order valence-corrected chi connectivity index (χ4v) is 4.70. The number of urea groups is 1. The van der Waals surface area contributed by atoms with Crippen LogP contribution in [0, 0.1) is 5.92 Å². The van der Waals surface area contributed by atoms with Gasteiger partial charge in [-0.3, -0.25) is 0 Å². The van der Waals surface area contributed by atoms with Gasteiger partial charge in [-0.15, -0.1) is 0 Å². The molecule has 3 N–H and O–H groups in total. The van der Waals surface area contributed by atoms with Crippen molar-refractivity contribution in [2.24, 2.45) is 11.7 Å². The largest absolute Gasteiger partial charge is 0.410 e. The van der Waals surface area contributed by atoms with Crippen molar-refractivity contribution >= 4 is 11.7 Å². The normalized spacial score (nSPS) is 22.7. The van der Waals surface area contributed by atoms with Gasteiger partial charge >= 0.3 is 12.2 Å². The summed E-state index contributed by atoms with van der Waals surface area (Å²) in [6.07, 6.45) is 5.79. The molecule has 2 amide bonds. The quantitative estimate of drug-likeness (QED) is 0.653. The van der Waals surface area contributed by atoms with E-state index in [1.54, 1.807) is 10.6 Å². The number of amides is 2. The van der Waals surface area contributed by atoms with Crippen LogP contribution in [0.1, 0.15) is 61.9 Å². The van der Waals surface area contributed by atoms with Gasteiger partial charge < -0.3 is 20.7 Å². The van der Waals surface area contributed by atoms with E-state index in [1.807, 2.05) is 11.5 Å². The van der Waals surface area contributed by atoms with Crippen molar-refractivity contribution in [3.05, 3.63) is 29.7 Å². The van der Waals surface area contributed by atoms with Crippen LogP contribution in [0.5, 0.6) is 0 Å². The lowest BCUT2D eigenvalue weighted by molar-refractivity contribution is -0.150. The Balaban J connectivity index is 1.58. The Morgan fingerprint density at radius 1 is 1.28 bits per heavy atom. The summed E-state index contributed by atoms with van der Waals surface area (Å²) in [6, 6.07) is -1.88. The van der Waals surface area contributed by atoms with Gasteiger partial charge in [0.1, 0.15) is 6.04 Å². The van der Waals surface area contributed by atoms with Crippen molar-refractivity contribution in [1.29, 1.82) is 0 Å². The third-order valence-corrected chi connectivity index (χ3v) is 6.53. The van der Waals surface area contributed by atoms with Gasteiger partial charge in [0.15, 0.2) is 5.65 Å². The van der Waals surface area contributed by atoms with Crippen LogP contribution in [0.3, 0.4) is 0 Å². The number of carbonyl (C=O) groups is 1. The van der Waals surface area contributed by atoms with E-state index in [0.29, 0.717) is 17.1 Å². The van der Waals surface area contributed by atoms with Gasteiger partial charge in [-0.2, -0.15) is 18.3 Å². The van der Waals surface area contributed by atoms with Crippen molar-refractivity contribution in [1.82, 2.24) is 24.8 Å². The van der Waals surface area contributed by atoms with Crippen LogP contribution in [-0.4, -0.2) is 58.0 Å². The summed E-state index contributed by atoms with van der Waals surface area (Å²) in [4.78, 5) is 18.1. The summed E-state index contributed by atoms with van der Waals surface area (Å²) in [6.45, 7) is -0.460. The SMILES string of the molecule is COC[C@H](c1cnn2cc(C(N)C3CCCCCC3)nc2c1)N1C[C@@H](C(F)(F)F)NC1=O. The average molecular weight is 454 g/mol. The number of halogens is 3. The second-order valence-electron chi connectivity index (χ2n) is 8.70. The minimum atomic E-state index is -4.52. The molecule has 0 radical (unpaired) electrons. The molecule has 1 saturated carbocycles. The number of rotatable bonds is 6. The molecule has 176 valence electrons. The second kappa shape index (κ2) is 9.22. The topological polar surface area (TPSA) is 97.8 Å². The lowest BCUT2D eigenvalue weighted by Crippen LogP contribution is -2.40. The molecule has 1 saturated heterocycles. The van der Waals surface area contributed by atoms with Crippen LogP contribution >= 0.6 is 0 Å². The minimum absolute atomic E-state index is 0.0327. The molecular formula is C21H29F3N6O2. The number of hydrogen-bond acceptors (Lipinski definition) is 5. The Bertz CT molecular complexity index is 941. The van der Waals surface area contributed by atoms with Crippen LogP contribution in [0.4, 0.5) is 18.0 Å². The molecule has 4 rings (SSSR count). The molecule has 0 aromatic carbocycles. The molecule has 1 unspecified atom stereocenters. The molecule has 2 fully saturated rings. The maximum absolute atomic E-state index is 13.1. The Hall–Kier alpha value is -2.40. The number of ether oxygens (including phenoxy) is 1. The molecule has 2 aromatic heterocycles. The van der Waals surface area contributed by atoms with Gasteiger partial charge in [0, 0.05) is 12.7 Å². The summed E-state index contributed by atoms with van der Waals surface area (Å²) in [5, 5.41) is 6.38. The van der Waals surface area contributed by atoms with Gasteiger partial charge in [0.2, 0.25) is 0 Å². The van der Waals surface area contributed by atoms with E-state index in [2.05, 4.69) is 10.1 Å². The summed E-state index contributed by atoms with van der Waals surface area (Å²) >= 11 is 0. The summed E-state index contributed by atoms with van der Waals surface area (Å²) in [5.41, 5.74) is 8.37. The van der Waals surface area contributed by atoms with Gasteiger partial charge in [0.25, 0.3) is 0 Å². The molecule has 32 heavy (non-hydrogen) atoms. The fourth-order valence-electron chi connectivity index (χ4n) is 4.70. The highest BCUT2D eigenvalue weighted by molar-refractivity contribution is 5.77. The predicted molar refractivity (Wildman–Crippen MR) is 111 cm³/mol. The van der Waals surface area contributed by atoms with Crippen LogP contribution < -0.4 is 11.1 Å². The smallest absolute Gasteiger partial charge is 0.382 e. The number of fused-ring (bicyclic) bond motifs is 1. The number of nitrogens with two attached hydrogens (primary N) is 1. The molecule has 3 atom stereocenters. The van der Waals surface area contributed by atoms with Crippen molar-refractivity contribution in [3.8, 4) is 0 Å². The number of imidazole rings is 1. The van der Waals surface area contributed by atoms with Crippen molar-refractivity contribution < 1.29 is 22.7 Å². The lowest BCUT2D eigenvalue weighted by atomic mass is 9.91. The Kier molecular flexibility index (Phi) is 6.57. The number of nitrogens with one attached hydrogen (secondary N) is 1. The third-order valence-electron chi connectivity index (χ3n) is 6.53. The number of aromatic nitrogens is 3. The van der Waals surface area contributed by atoms with Crippen LogP contribution in [0.2, 0.25) is 0 Å². The Morgan fingerprint density at radius 3 is 2.62 bits per heavy atom. The molecule has 0 spiro atoms. The van der Waals surface area contributed by atoms with Crippen molar-refractivity contribution in [2.45, 2.75) is 62.8 Å². The average Bonchev–Trinajstić information content (AvgIpc) is 3.24. The monoisotopic (exact) mass is 454 g/mol. The Labute approximate surface area is 184 Å². The molecule has 2 aliphatic rings. The summed E-state index contributed by atoms with van der Waals surface area (Å²) in [7, 11) is 1.44. The highest BCUT2D eigenvalue weighted by Crippen LogP contribution is 2.33. The predicted octanol–water partition coefficient (Wildman–Crippen LogP) is 3.34. The number of carbonyl (C=O) groups excluding carboxylic acids is 1. The molecule has 11 heteroatoms. The Morgan fingerprint density at radius 2 is 2.00 bits per heavy atom. The van der Waals surface area contributed by atoms with Crippen molar-refractivity contribution in [2.75, 3.05) is 20.3 Å². The van der Waals surface area contributed by atoms with E-state index in [0.717, 1.165) is 23.4 Å². The maximum atomic E-state index is 13.1. The summed E-state index contributed by atoms with van der Waals surface area (Å²) < 4.78 is 46.2. The first kappa shape index (κ1) is 22.8. The molecule has 1 aliphatic carbocycles. The standard InChI is InChI=1S/C21H29F3N6O2/c1-32-12-16(29-11-17(21(22,23)24)28-20(29)31)14-8-18-27-15(10-30(18)26-9-14)19(25)13-6-4-2-3-5-7-13/h8-10,13,16-17,19H,2-7,11-12,25H2,1H3,(H,28,31)/t16-,17+,19?/m1/s1. The lowest BCUT2D eigenvalue weighted by Gasteiger charge is -2.26. The maximum Gasteiger partial charge on any atom is 0.410 e. The van der Waals surface area contributed by atoms with E-state index in [-0.39, 0.29) is 12.6 Å². The highest BCUT2D eigenvalue weighted by Gasteiger charge is 2.48. The van der Waals surface area contributed by atoms with Crippen LogP contribution in [-0.2, 0) is 4.74 Å².